The number of piperazine rings is 1. The van der Waals surface area contributed by atoms with Gasteiger partial charge in [0.05, 0.1) is 8.77 Å². The Bertz CT molecular complexity index is 587. The second-order valence-corrected chi connectivity index (χ2v) is 9.73. The van der Waals surface area contributed by atoms with Gasteiger partial charge in [-0.2, -0.15) is 4.31 Å². The molecule has 0 atom stereocenters. The SMILES string of the molecule is Cc1cc(S(=O)(=O)N2CCN(CC(N)=S)CC2)sc1Br. The number of nitrogens with two attached hydrogens (primary N) is 1. The number of thiocarbonyl (C=S) groups is 1. The molecule has 0 spiro atoms. The van der Waals surface area contributed by atoms with Crippen LogP contribution < -0.4 is 5.73 Å². The molecule has 112 valence electrons. The maximum Gasteiger partial charge on any atom is 0.252 e. The minimum atomic E-state index is -3.38. The predicted molar refractivity (Wildman–Crippen MR) is 88.7 cm³/mol. The average Bonchev–Trinajstić information content (AvgIpc) is 2.70. The lowest BCUT2D eigenvalue weighted by Crippen LogP contribution is -2.50. The van der Waals surface area contributed by atoms with Crippen molar-refractivity contribution in [2.45, 2.75) is 11.1 Å². The van der Waals surface area contributed by atoms with E-state index in [9.17, 15) is 8.42 Å². The summed E-state index contributed by atoms with van der Waals surface area (Å²) in [5, 5.41) is 0. The Labute approximate surface area is 136 Å². The standard InChI is InChI=1S/C11H16BrN3O2S3/c1-8-6-10(19-11(8)12)20(16,17)15-4-2-14(3-5-15)7-9(13)18/h6H,2-5,7H2,1H3,(H2,13,18). The lowest BCUT2D eigenvalue weighted by Gasteiger charge is -2.33. The van der Waals surface area contributed by atoms with Crippen molar-refractivity contribution in [1.82, 2.24) is 9.21 Å². The van der Waals surface area contributed by atoms with Gasteiger partial charge in [-0.1, -0.05) is 12.2 Å². The summed E-state index contributed by atoms with van der Waals surface area (Å²) in [6.07, 6.45) is 0. The molecule has 2 heterocycles. The van der Waals surface area contributed by atoms with E-state index in [0.717, 1.165) is 9.35 Å². The Balaban J connectivity index is 2.07. The zero-order valence-corrected chi connectivity index (χ0v) is 15.0. The zero-order chi connectivity index (χ0) is 14.9. The molecule has 9 heteroatoms. The summed E-state index contributed by atoms with van der Waals surface area (Å²) >= 11 is 9.50. The quantitative estimate of drug-likeness (QED) is 0.777. The van der Waals surface area contributed by atoms with Gasteiger partial charge in [0.1, 0.15) is 4.21 Å². The molecule has 2 N–H and O–H groups in total. The predicted octanol–water partition coefficient (Wildman–Crippen LogP) is 1.41. The number of aryl methyl sites for hydroxylation is 1. The summed E-state index contributed by atoms with van der Waals surface area (Å²) in [5.41, 5.74) is 6.45. The van der Waals surface area contributed by atoms with Crippen molar-refractivity contribution < 1.29 is 8.42 Å². The van der Waals surface area contributed by atoms with Gasteiger partial charge < -0.3 is 5.73 Å². The molecule has 1 fully saturated rings. The van der Waals surface area contributed by atoms with Gasteiger partial charge in [0.15, 0.2) is 0 Å². The van der Waals surface area contributed by atoms with Crippen LogP contribution in [-0.2, 0) is 10.0 Å². The van der Waals surface area contributed by atoms with Crippen molar-refractivity contribution in [2.75, 3.05) is 32.7 Å². The molecular formula is C11H16BrN3O2S3. The molecule has 0 saturated carbocycles. The molecule has 5 nitrogen and oxygen atoms in total. The molecule has 1 aromatic heterocycles. The summed E-state index contributed by atoms with van der Waals surface area (Å²) in [6, 6.07) is 1.71. The normalized spacial score (nSPS) is 18.3. The second kappa shape index (κ2) is 6.37. The van der Waals surface area contributed by atoms with E-state index in [0.29, 0.717) is 41.9 Å². The van der Waals surface area contributed by atoms with Crippen molar-refractivity contribution >= 4 is 54.5 Å². The molecule has 0 radical (unpaired) electrons. The minimum Gasteiger partial charge on any atom is -0.392 e. The highest BCUT2D eigenvalue weighted by Gasteiger charge is 2.30. The number of thiophene rings is 1. The Morgan fingerprint density at radius 2 is 2.05 bits per heavy atom. The van der Waals surface area contributed by atoms with Crippen LogP contribution in [-0.4, -0.2) is 55.3 Å². The smallest absolute Gasteiger partial charge is 0.252 e. The van der Waals surface area contributed by atoms with E-state index in [4.69, 9.17) is 18.0 Å². The van der Waals surface area contributed by atoms with Crippen LogP contribution >= 0.6 is 39.5 Å². The van der Waals surface area contributed by atoms with Crippen molar-refractivity contribution in [3.63, 3.8) is 0 Å². The highest BCUT2D eigenvalue weighted by molar-refractivity contribution is 9.11. The van der Waals surface area contributed by atoms with Crippen molar-refractivity contribution in [1.29, 1.82) is 0 Å². The average molecular weight is 398 g/mol. The number of hydrogen-bond acceptors (Lipinski definition) is 5. The third-order valence-corrected chi connectivity index (χ3v) is 7.75. The van der Waals surface area contributed by atoms with E-state index in [2.05, 4.69) is 20.8 Å². The number of sulfonamides is 1. The summed E-state index contributed by atoms with van der Waals surface area (Å²) < 4.78 is 27.8. The van der Waals surface area contributed by atoms with E-state index in [1.54, 1.807) is 6.07 Å². The summed E-state index contributed by atoms with van der Waals surface area (Å²) in [6.45, 7) is 4.69. The van der Waals surface area contributed by atoms with Crippen LogP contribution in [0.1, 0.15) is 5.56 Å². The van der Waals surface area contributed by atoms with Crippen LogP contribution in [0, 0.1) is 6.92 Å². The van der Waals surface area contributed by atoms with Gasteiger partial charge >= 0.3 is 0 Å². The monoisotopic (exact) mass is 397 g/mol. The zero-order valence-electron chi connectivity index (χ0n) is 11.0. The van der Waals surface area contributed by atoms with Crippen LogP contribution in [0.3, 0.4) is 0 Å². The van der Waals surface area contributed by atoms with Crippen LogP contribution in [0.15, 0.2) is 14.1 Å². The summed E-state index contributed by atoms with van der Waals surface area (Å²) in [4.78, 5) is 2.52. The first kappa shape index (κ1) is 16.3. The van der Waals surface area contributed by atoms with Gasteiger partial charge in [0.25, 0.3) is 10.0 Å². The molecule has 0 bridgehead atoms. The fourth-order valence-corrected chi connectivity index (χ4v) is 6.02. The first-order valence-electron chi connectivity index (χ1n) is 6.07. The Morgan fingerprint density at radius 3 is 2.50 bits per heavy atom. The largest absolute Gasteiger partial charge is 0.392 e. The van der Waals surface area contributed by atoms with Gasteiger partial charge in [0, 0.05) is 32.7 Å². The fraction of sp³-hybridized carbons (Fsp3) is 0.545. The first-order valence-corrected chi connectivity index (χ1v) is 9.53. The molecule has 20 heavy (non-hydrogen) atoms. The molecule has 0 aliphatic carbocycles. The first-order chi connectivity index (χ1) is 9.30. The molecule has 0 aromatic carbocycles. The fourth-order valence-electron chi connectivity index (χ4n) is 2.03. The molecule has 2 rings (SSSR count). The van der Waals surface area contributed by atoms with Crippen molar-refractivity contribution in [3.05, 3.63) is 15.4 Å². The lowest BCUT2D eigenvalue weighted by atomic mass is 10.3. The third-order valence-electron chi connectivity index (χ3n) is 3.14. The topological polar surface area (TPSA) is 66.6 Å². The van der Waals surface area contributed by atoms with Gasteiger partial charge in [-0.3, -0.25) is 4.90 Å². The molecule has 0 amide bonds. The Kier molecular flexibility index (Phi) is 5.19. The lowest BCUT2D eigenvalue weighted by molar-refractivity contribution is 0.210. The molecule has 1 aromatic rings. The van der Waals surface area contributed by atoms with Crippen LogP contribution in [0.4, 0.5) is 0 Å². The van der Waals surface area contributed by atoms with E-state index in [1.807, 2.05) is 6.92 Å². The Morgan fingerprint density at radius 1 is 1.45 bits per heavy atom. The van der Waals surface area contributed by atoms with E-state index < -0.39 is 10.0 Å². The highest BCUT2D eigenvalue weighted by Crippen LogP contribution is 2.32. The van der Waals surface area contributed by atoms with Gasteiger partial charge in [-0.15, -0.1) is 11.3 Å². The van der Waals surface area contributed by atoms with Crippen molar-refractivity contribution in [2.24, 2.45) is 5.73 Å². The summed E-state index contributed by atoms with van der Waals surface area (Å²) in [7, 11) is -3.38. The minimum absolute atomic E-state index is 0.393. The number of nitrogens with zero attached hydrogens (tertiary/aromatic N) is 2. The van der Waals surface area contributed by atoms with Crippen LogP contribution in [0.25, 0.3) is 0 Å². The second-order valence-electron chi connectivity index (χ2n) is 4.67. The van der Waals surface area contributed by atoms with E-state index in [-0.39, 0.29) is 0 Å². The maximum absolute atomic E-state index is 12.5. The molecule has 1 aliphatic heterocycles. The summed E-state index contributed by atoms with van der Waals surface area (Å²) in [5.74, 6) is 0. The van der Waals surface area contributed by atoms with Gasteiger partial charge in [0.2, 0.25) is 0 Å². The van der Waals surface area contributed by atoms with E-state index >= 15 is 0 Å². The molecule has 1 aliphatic rings. The van der Waals surface area contributed by atoms with Crippen molar-refractivity contribution in [3.8, 4) is 0 Å². The number of halogens is 1. The van der Waals surface area contributed by atoms with Crippen LogP contribution in [0.2, 0.25) is 0 Å². The third kappa shape index (κ3) is 3.58. The molecule has 0 unspecified atom stereocenters. The highest BCUT2D eigenvalue weighted by atomic mass is 79.9. The molecular weight excluding hydrogens is 382 g/mol. The van der Waals surface area contributed by atoms with E-state index in [1.165, 1.54) is 15.6 Å². The van der Waals surface area contributed by atoms with Crippen LogP contribution in [0.5, 0.6) is 0 Å². The van der Waals surface area contributed by atoms with Gasteiger partial charge in [-0.05, 0) is 34.5 Å². The molecule has 1 saturated heterocycles. The van der Waals surface area contributed by atoms with Gasteiger partial charge in [-0.25, -0.2) is 8.42 Å². The number of rotatable bonds is 4. The number of hydrogen-bond donors (Lipinski definition) is 1. The maximum atomic E-state index is 12.5. The Hall–Kier alpha value is -0.0600.